The smallest absolute Gasteiger partial charge is 0.292 e. The van der Waals surface area contributed by atoms with E-state index in [4.69, 9.17) is 4.98 Å². The summed E-state index contributed by atoms with van der Waals surface area (Å²) in [5, 5.41) is 0. The average Bonchev–Trinajstić information content (AvgIpc) is 3.01. The van der Waals surface area contributed by atoms with Crippen LogP contribution in [0.3, 0.4) is 0 Å². The molecule has 0 saturated heterocycles. The summed E-state index contributed by atoms with van der Waals surface area (Å²) in [6.07, 6.45) is 28.9. The van der Waals surface area contributed by atoms with Crippen LogP contribution in [0.15, 0.2) is 12.3 Å². The fourth-order valence-corrected chi connectivity index (χ4v) is 13.7. The number of rotatable bonds is 6. The van der Waals surface area contributed by atoms with Crippen LogP contribution in [0.5, 0.6) is 0 Å². The van der Waals surface area contributed by atoms with Gasteiger partial charge in [-0.1, -0.05) is 38.5 Å². The SMILES string of the molecule is O=C(c1ccnc(C(=O)N(C2CCCCC2)C23CC4CC(CC(C4)C2)C3)n1)N(C1CCCCC1)C12CC3CC(CC(C3)C1)C2. The summed E-state index contributed by atoms with van der Waals surface area (Å²) in [4.78, 5) is 44.0. The molecule has 10 aliphatic rings. The molecule has 0 spiro atoms. The zero-order chi connectivity index (χ0) is 29.5. The number of nitrogens with zero attached hydrogens (tertiary/aromatic N) is 4. The van der Waals surface area contributed by atoms with Gasteiger partial charge in [-0.2, -0.15) is 0 Å². The van der Waals surface area contributed by atoms with Gasteiger partial charge >= 0.3 is 0 Å². The summed E-state index contributed by atoms with van der Waals surface area (Å²) in [6.45, 7) is 0. The topological polar surface area (TPSA) is 66.4 Å². The van der Waals surface area contributed by atoms with Crippen molar-refractivity contribution in [3.05, 3.63) is 23.8 Å². The Labute approximate surface area is 264 Å². The van der Waals surface area contributed by atoms with Gasteiger partial charge in [-0.15, -0.1) is 0 Å². The normalized spacial score (nSPS) is 41.2. The van der Waals surface area contributed by atoms with E-state index in [-0.39, 0.29) is 28.7 Å². The maximum Gasteiger partial charge on any atom is 0.292 e. The van der Waals surface area contributed by atoms with Crippen molar-refractivity contribution in [1.82, 2.24) is 19.8 Å². The Morgan fingerprint density at radius 3 is 1.36 bits per heavy atom. The first kappa shape index (κ1) is 28.3. The molecule has 10 aliphatic carbocycles. The molecule has 6 nitrogen and oxygen atoms in total. The first-order valence-corrected chi connectivity index (χ1v) is 19.0. The molecule has 44 heavy (non-hydrogen) atoms. The number of hydrogen-bond acceptors (Lipinski definition) is 4. The Bertz CT molecular complexity index is 1120. The lowest BCUT2D eigenvalue weighted by atomic mass is 9.52. The van der Waals surface area contributed by atoms with Crippen LogP contribution in [0.1, 0.15) is 162 Å². The third-order valence-corrected chi connectivity index (χ3v) is 14.4. The molecule has 0 aliphatic heterocycles. The van der Waals surface area contributed by atoms with Crippen molar-refractivity contribution < 1.29 is 9.59 Å². The maximum absolute atomic E-state index is 14.8. The van der Waals surface area contributed by atoms with Gasteiger partial charge in [0, 0.05) is 29.4 Å². The quantitative estimate of drug-likeness (QED) is 0.333. The fraction of sp³-hybridized carbons (Fsp3) is 0.842. The third kappa shape index (κ3) is 4.69. The molecule has 0 radical (unpaired) electrons. The van der Waals surface area contributed by atoms with Crippen LogP contribution in [-0.2, 0) is 0 Å². The zero-order valence-electron chi connectivity index (χ0n) is 26.9. The summed E-state index contributed by atoms with van der Waals surface area (Å²) in [5.41, 5.74) is 0.444. The van der Waals surface area contributed by atoms with Crippen molar-refractivity contribution >= 4 is 11.8 Å². The largest absolute Gasteiger partial charge is 0.329 e. The van der Waals surface area contributed by atoms with E-state index in [1.165, 1.54) is 116 Å². The van der Waals surface area contributed by atoms with E-state index in [9.17, 15) is 9.59 Å². The molecule has 0 unspecified atom stereocenters. The minimum Gasteiger partial charge on any atom is -0.329 e. The van der Waals surface area contributed by atoms with Gasteiger partial charge in [0.2, 0.25) is 5.82 Å². The van der Waals surface area contributed by atoms with Crippen molar-refractivity contribution in [3.8, 4) is 0 Å². The molecule has 0 aromatic carbocycles. The van der Waals surface area contributed by atoms with Crippen LogP contribution in [0.4, 0.5) is 0 Å². The monoisotopic (exact) mass is 598 g/mol. The summed E-state index contributed by atoms with van der Waals surface area (Å²) in [6, 6.07) is 2.43. The van der Waals surface area contributed by atoms with E-state index < -0.39 is 0 Å². The van der Waals surface area contributed by atoms with Gasteiger partial charge in [-0.25, -0.2) is 9.97 Å². The van der Waals surface area contributed by atoms with Crippen molar-refractivity contribution in [1.29, 1.82) is 0 Å². The van der Waals surface area contributed by atoms with Crippen molar-refractivity contribution in [2.24, 2.45) is 35.5 Å². The van der Waals surface area contributed by atoms with Crippen LogP contribution < -0.4 is 0 Å². The summed E-state index contributed by atoms with van der Waals surface area (Å²) < 4.78 is 0. The molecule has 2 amide bonds. The highest BCUT2D eigenvalue weighted by Gasteiger charge is 2.58. The van der Waals surface area contributed by atoms with Gasteiger partial charge in [0.05, 0.1) is 0 Å². The Morgan fingerprint density at radius 1 is 0.568 bits per heavy atom. The molecule has 1 aromatic rings. The number of carbonyl (C=O) groups excluding carboxylic acids is 2. The number of hydrogen-bond donors (Lipinski definition) is 0. The van der Waals surface area contributed by atoms with E-state index >= 15 is 0 Å². The standard InChI is InChI=1S/C38H54N4O2/c43-35(41(31-7-3-1-4-8-31)37-19-25-13-26(20-37)15-27(14-25)21-37)33-11-12-39-34(40-33)36(44)42(32-9-5-2-6-10-32)38-22-28-16-29(23-38)18-30(17-28)24-38/h11-12,25-32H,1-10,13-24H2. The van der Waals surface area contributed by atoms with Gasteiger partial charge in [-0.3, -0.25) is 9.59 Å². The Balaban J connectivity index is 1.05. The van der Waals surface area contributed by atoms with E-state index in [2.05, 4.69) is 14.8 Å². The highest BCUT2D eigenvalue weighted by atomic mass is 16.2. The lowest BCUT2D eigenvalue weighted by molar-refractivity contribution is -0.0917. The van der Waals surface area contributed by atoms with Gasteiger partial charge < -0.3 is 9.80 Å². The molecule has 11 rings (SSSR count). The predicted molar refractivity (Wildman–Crippen MR) is 170 cm³/mol. The van der Waals surface area contributed by atoms with Gasteiger partial charge in [-0.05, 0) is 144 Å². The van der Waals surface area contributed by atoms with Gasteiger partial charge in [0.25, 0.3) is 11.8 Å². The number of amides is 2. The van der Waals surface area contributed by atoms with E-state index in [1.54, 1.807) is 6.20 Å². The van der Waals surface area contributed by atoms with Crippen molar-refractivity contribution in [2.45, 2.75) is 164 Å². The van der Waals surface area contributed by atoms with Crippen molar-refractivity contribution in [2.75, 3.05) is 0 Å². The average molecular weight is 599 g/mol. The van der Waals surface area contributed by atoms with Crippen molar-refractivity contribution in [3.63, 3.8) is 0 Å². The lowest BCUT2D eigenvalue weighted by Gasteiger charge is -2.62. The summed E-state index contributed by atoms with van der Waals surface area (Å²) in [7, 11) is 0. The molecule has 10 saturated carbocycles. The van der Waals surface area contributed by atoms with Crippen LogP contribution in [0, 0.1) is 35.5 Å². The second-order valence-electron chi connectivity index (χ2n) is 17.5. The lowest BCUT2D eigenvalue weighted by Crippen LogP contribution is -2.65. The van der Waals surface area contributed by atoms with E-state index in [1.807, 2.05) is 6.07 Å². The Hall–Kier alpha value is -1.98. The van der Waals surface area contributed by atoms with E-state index in [0.717, 1.165) is 61.2 Å². The fourth-order valence-electron chi connectivity index (χ4n) is 13.7. The number of carbonyl (C=O) groups is 2. The Morgan fingerprint density at radius 2 is 0.955 bits per heavy atom. The first-order valence-electron chi connectivity index (χ1n) is 19.0. The Kier molecular flexibility index (Phi) is 6.93. The minimum absolute atomic E-state index is 0.00368. The van der Waals surface area contributed by atoms with Gasteiger partial charge in [0.1, 0.15) is 5.69 Å². The van der Waals surface area contributed by atoms with Crippen LogP contribution in [0.25, 0.3) is 0 Å². The maximum atomic E-state index is 14.8. The second-order valence-corrected chi connectivity index (χ2v) is 17.5. The highest BCUT2D eigenvalue weighted by molar-refractivity contribution is 5.96. The van der Waals surface area contributed by atoms with Gasteiger partial charge in [0.15, 0.2) is 0 Å². The summed E-state index contributed by atoms with van der Waals surface area (Å²) >= 11 is 0. The van der Waals surface area contributed by atoms with Crippen LogP contribution in [-0.4, -0.2) is 54.7 Å². The summed E-state index contributed by atoms with van der Waals surface area (Å²) in [5.74, 6) is 5.08. The molecule has 10 fully saturated rings. The molecule has 1 heterocycles. The first-order chi connectivity index (χ1) is 21.5. The molecular formula is C38H54N4O2. The van der Waals surface area contributed by atoms with Crippen LogP contribution >= 0.6 is 0 Å². The highest BCUT2D eigenvalue weighted by Crippen LogP contribution is 2.60. The van der Waals surface area contributed by atoms with Crippen LogP contribution in [0.2, 0.25) is 0 Å². The molecule has 238 valence electrons. The van der Waals surface area contributed by atoms with E-state index in [0.29, 0.717) is 17.8 Å². The number of aromatic nitrogens is 2. The molecule has 0 N–H and O–H groups in total. The predicted octanol–water partition coefficient (Wildman–Crippen LogP) is 7.96. The minimum atomic E-state index is -0.0233. The molecule has 0 atom stereocenters. The molecule has 6 heteroatoms. The molecule has 8 bridgehead atoms. The zero-order valence-corrected chi connectivity index (χ0v) is 26.9. The second kappa shape index (κ2) is 10.8. The third-order valence-electron chi connectivity index (χ3n) is 14.4. The molecule has 1 aromatic heterocycles. The molecular weight excluding hydrogens is 544 g/mol.